The van der Waals surface area contributed by atoms with Crippen LogP contribution in [0.2, 0.25) is 0 Å². The molecule has 0 aromatic carbocycles. The second kappa shape index (κ2) is 5.49. The van der Waals surface area contributed by atoms with Gasteiger partial charge in [0.2, 0.25) is 0 Å². The van der Waals surface area contributed by atoms with Crippen LogP contribution >= 0.6 is 27.3 Å². The van der Waals surface area contributed by atoms with Crippen LogP contribution in [0.4, 0.5) is 5.69 Å². The summed E-state index contributed by atoms with van der Waals surface area (Å²) in [5, 5.41) is 4.79. The van der Waals surface area contributed by atoms with Crippen LogP contribution in [-0.4, -0.2) is 10.9 Å². The van der Waals surface area contributed by atoms with Gasteiger partial charge < -0.3 is 11.1 Å². The molecular weight excluding hydrogens is 314 g/mol. The number of thiophene rings is 1. The van der Waals surface area contributed by atoms with Crippen molar-refractivity contribution in [2.24, 2.45) is 0 Å². The number of rotatable bonds is 3. The molecule has 0 bridgehead atoms. The van der Waals surface area contributed by atoms with Crippen molar-refractivity contribution in [2.75, 3.05) is 5.73 Å². The molecular formula is C12H12BrN3OS. The third-order valence-electron chi connectivity index (χ3n) is 2.42. The number of halogens is 1. The lowest BCUT2D eigenvalue weighted by Crippen LogP contribution is -2.23. The Morgan fingerprint density at radius 3 is 3.00 bits per heavy atom. The van der Waals surface area contributed by atoms with Gasteiger partial charge in [-0.25, -0.2) is 0 Å². The van der Waals surface area contributed by atoms with Gasteiger partial charge in [-0.15, -0.1) is 11.3 Å². The zero-order chi connectivity index (χ0) is 13.1. The number of nitrogens with zero attached hydrogens (tertiary/aromatic N) is 1. The maximum absolute atomic E-state index is 11.9. The van der Waals surface area contributed by atoms with Crippen LogP contribution in [0.1, 0.15) is 20.9 Å². The molecule has 2 aromatic heterocycles. The lowest BCUT2D eigenvalue weighted by Gasteiger charge is -2.07. The molecule has 0 aliphatic heterocycles. The van der Waals surface area contributed by atoms with Crippen molar-refractivity contribution < 1.29 is 4.79 Å². The summed E-state index contributed by atoms with van der Waals surface area (Å²) in [6.45, 7) is 2.31. The first-order valence-electron chi connectivity index (χ1n) is 5.30. The van der Waals surface area contributed by atoms with Crippen molar-refractivity contribution in [3.8, 4) is 0 Å². The molecule has 0 spiro atoms. The molecule has 0 fully saturated rings. The molecule has 4 nitrogen and oxygen atoms in total. The molecule has 2 aromatic rings. The summed E-state index contributed by atoms with van der Waals surface area (Å²) < 4.78 is 1.00. The summed E-state index contributed by atoms with van der Waals surface area (Å²) in [6, 6.07) is 3.64. The van der Waals surface area contributed by atoms with E-state index >= 15 is 0 Å². The number of nitrogens with one attached hydrogen (secondary N) is 1. The average Bonchev–Trinajstić information content (AvgIpc) is 2.72. The first-order chi connectivity index (χ1) is 8.58. The number of hydrogen-bond donors (Lipinski definition) is 2. The fourth-order valence-electron chi connectivity index (χ4n) is 1.48. The van der Waals surface area contributed by atoms with E-state index in [9.17, 15) is 4.79 Å². The smallest absolute Gasteiger partial charge is 0.255 e. The first kappa shape index (κ1) is 13.0. The molecule has 1 amide bonds. The van der Waals surface area contributed by atoms with Crippen molar-refractivity contribution in [1.82, 2.24) is 10.3 Å². The Hall–Kier alpha value is -1.40. The lowest BCUT2D eigenvalue weighted by molar-refractivity contribution is 0.0952. The number of nitrogen functional groups attached to an aromatic ring is 1. The summed E-state index contributed by atoms with van der Waals surface area (Å²) in [5.74, 6) is -0.208. The number of anilines is 1. The van der Waals surface area contributed by atoms with E-state index in [1.165, 1.54) is 6.20 Å². The summed E-state index contributed by atoms with van der Waals surface area (Å²) in [5.41, 5.74) is 7.45. The van der Waals surface area contributed by atoms with Crippen molar-refractivity contribution in [3.05, 3.63) is 44.3 Å². The fraction of sp³-hybridized carbons (Fsp3) is 0.167. The third-order valence-corrected chi connectivity index (χ3v) is 4.34. The van der Waals surface area contributed by atoms with Crippen LogP contribution in [0, 0.1) is 6.92 Å². The minimum atomic E-state index is -0.208. The minimum Gasteiger partial charge on any atom is -0.398 e. The Morgan fingerprint density at radius 1 is 1.61 bits per heavy atom. The van der Waals surface area contributed by atoms with E-state index in [0.29, 0.717) is 17.8 Å². The summed E-state index contributed by atoms with van der Waals surface area (Å²) in [4.78, 5) is 17.1. The number of amides is 1. The van der Waals surface area contributed by atoms with E-state index in [-0.39, 0.29) is 5.91 Å². The minimum absolute atomic E-state index is 0.208. The molecule has 0 atom stereocenters. The van der Waals surface area contributed by atoms with Crippen LogP contribution in [0.25, 0.3) is 0 Å². The van der Waals surface area contributed by atoms with E-state index < -0.39 is 0 Å². The number of carbonyl (C=O) groups excluding carboxylic acids is 1. The van der Waals surface area contributed by atoms with Gasteiger partial charge in [0, 0.05) is 26.9 Å². The first-order valence-corrected chi connectivity index (χ1v) is 6.97. The maximum atomic E-state index is 11.9. The molecule has 0 saturated carbocycles. The Kier molecular flexibility index (Phi) is 3.98. The fourth-order valence-corrected chi connectivity index (χ4v) is 2.91. The van der Waals surface area contributed by atoms with Gasteiger partial charge in [-0.2, -0.15) is 0 Å². The molecule has 2 heterocycles. The number of carbonyl (C=O) groups is 1. The highest BCUT2D eigenvalue weighted by Crippen LogP contribution is 2.22. The van der Waals surface area contributed by atoms with Gasteiger partial charge >= 0.3 is 0 Å². The third kappa shape index (κ3) is 2.88. The predicted molar refractivity (Wildman–Crippen MR) is 76.6 cm³/mol. The molecule has 0 aliphatic carbocycles. The summed E-state index contributed by atoms with van der Waals surface area (Å²) in [7, 11) is 0. The van der Waals surface area contributed by atoms with Crippen molar-refractivity contribution in [2.45, 2.75) is 13.5 Å². The number of pyridine rings is 1. The van der Waals surface area contributed by atoms with Crippen LogP contribution < -0.4 is 11.1 Å². The zero-order valence-electron chi connectivity index (χ0n) is 9.74. The van der Waals surface area contributed by atoms with Crippen LogP contribution in [0.5, 0.6) is 0 Å². The zero-order valence-corrected chi connectivity index (χ0v) is 12.1. The molecule has 94 valence electrons. The molecule has 3 N–H and O–H groups in total. The highest BCUT2D eigenvalue weighted by Gasteiger charge is 2.11. The van der Waals surface area contributed by atoms with Gasteiger partial charge in [-0.05, 0) is 40.4 Å². The molecule has 0 radical (unpaired) electrons. The summed E-state index contributed by atoms with van der Waals surface area (Å²) in [6.07, 6.45) is 1.50. The molecule has 0 unspecified atom stereocenters. The Morgan fingerprint density at radius 2 is 2.39 bits per heavy atom. The standard InChI is InChI=1S/C12H12BrN3OS/c1-7-4-10(14)8(5-15-7)12(17)16-6-11-9(13)2-3-18-11/h2-5H,6H2,1H3,(H2,14,15)(H,16,17). The van der Waals surface area contributed by atoms with Crippen LogP contribution in [-0.2, 0) is 6.54 Å². The maximum Gasteiger partial charge on any atom is 0.255 e. The highest BCUT2D eigenvalue weighted by molar-refractivity contribution is 9.10. The molecule has 6 heteroatoms. The highest BCUT2D eigenvalue weighted by atomic mass is 79.9. The monoisotopic (exact) mass is 325 g/mol. The van der Waals surface area contributed by atoms with Gasteiger partial charge in [0.1, 0.15) is 0 Å². The van der Waals surface area contributed by atoms with E-state index in [0.717, 1.165) is 15.0 Å². The normalized spacial score (nSPS) is 10.3. The van der Waals surface area contributed by atoms with Crippen molar-refractivity contribution in [3.63, 3.8) is 0 Å². The Balaban J connectivity index is 2.06. The van der Waals surface area contributed by atoms with Gasteiger partial charge in [0.05, 0.1) is 12.1 Å². The van der Waals surface area contributed by atoms with Gasteiger partial charge in [-0.1, -0.05) is 0 Å². The van der Waals surface area contributed by atoms with Gasteiger partial charge in [-0.3, -0.25) is 9.78 Å². The lowest BCUT2D eigenvalue weighted by atomic mass is 10.2. The van der Waals surface area contributed by atoms with Crippen LogP contribution in [0.3, 0.4) is 0 Å². The van der Waals surface area contributed by atoms with E-state index in [1.54, 1.807) is 17.4 Å². The summed E-state index contributed by atoms with van der Waals surface area (Å²) >= 11 is 5.00. The quantitative estimate of drug-likeness (QED) is 0.911. The molecule has 18 heavy (non-hydrogen) atoms. The predicted octanol–water partition coefficient (Wildman–Crippen LogP) is 2.73. The second-order valence-corrected chi connectivity index (χ2v) is 5.64. The van der Waals surface area contributed by atoms with E-state index in [4.69, 9.17) is 5.73 Å². The topological polar surface area (TPSA) is 68.0 Å². The van der Waals surface area contributed by atoms with Gasteiger partial charge in [0.15, 0.2) is 0 Å². The number of aryl methyl sites for hydroxylation is 1. The van der Waals surface area contributed by atoms with Gasteiger partial charge in [0.25, 0.3) is 5.91 Å². The van der Waals surface area contributed by atoms with Crippen molar-refractivity contribution >= 4 is 38.9 Å². The van der Waals surface area contributed by atoms with E-state index in [1.807, 2.05) is 18.4 Å². The number of hydrogen-bond acceptors (Lipinski definition) is 4. The van der Waals surface area contributed by atoms with E-state index in [2.05, 4.69) is 26.2 Å². The molecule has 0 aliphatic rings. The molecule has 0 saturated heterocycles. The number of aromatic nitrogens is 1. The SMILES string of the molecule is Cc1cc(N)c(C(=O)NCc2sccc2Br)cn1. The average molecular weight is 326 g/mol. The van der Waals surface area contributed by atoms with Crippen LogP contribution in [0.15, 0.2) is 28.2 Å². The number of nitrogens with two attached hydrogens (primary N) is 1. The molecule has 2 rings (SSSR count). The Labute approximate surface area is 117 Å². The van der Waals surface area contributed by atoms with Crippen molar-refractivity contribution in [1.29, 1.82) is 0 Å². The largest absolute Gasteiger partial charge is 0.398 e. The Bertz CT molecular complexity index is 582. The second-order valence-electron chi connectivity index (χ2n) is 3.79.